The normalized spacial score (nSPS) is 11.9. The van der Waals surface area contributed by atoms with Crippen molar-refractivity contribution >= 4 is 40.9 Å². The summed E-state index contributed by atoms with van der Waals surface area (Å²) in [6.45, 7) is 0. The molecule has 0 aliphatic carbocycles. The van der Waals surface area contributed by atoms with Crippen molar-refractivity contribution in [2.24, 2.45) is 0 Å². The van der Waals surface area contributed by atoms with E-state index in [4.69, 9.17) is 0 Å². The molecule has 0 fully saturated rings. The van der Waals surface area contributed by atoms with Crippen molar-refractivity contribution < 1.29 is 31.1 Å². The van der Waals surface area contributed by atoms with Gasteiger partial charge in [-0.1, -0.05) is 0 Å². The van der Waals surface area contributed by atoms with Gasteiger partial charge in [0.25, 0.3) is 0 Å². The molecule has 0 heterocycles. The van der Waals surface area contributed by atoms with Gasteiger partial charge < -0.3 is 10.6 Å². The Morgan fingerprint density at radius 2 is 0.962 bits per heavy atom. The molecule has 3 nitrogen and oxygen atoms in total. The first-order valence-electron chi connectivity index (χ1n) is 6.80. The second kappa shape index (κ2) is 8.12. The molecule has 2 rings (SSSR count). The maximum absolute atomic E-state index is 12.2. The van der Waals surface area contributed by atoms with Crippen molar-refractivity contribution in [1.82, 2.24) is 0 Å². The molecule has 26 heavy (non-hydrogen) atoms. The predicted molar refractivity (Wildman–Crippen MR) is 89.3 cm³/mol. The van der Waals surface area contributed by atoms with Gasteiger partial charge in [-0.05, 0) is 72.1 Å². The van der Waals surface area contributed by atoms with Gasteiger partial charge >= 0.3 is 17.0 Å². The predicted octanol–water partition coefficient (Wildman–Crippen LogP) is 6.55. The standard InChI is InChI=1S/C15H10F6N2OS2/c16-14(17,18)25-11-5-1-9(2-6-11)22-13(24)23-10-3-7-12(8-4-10)26-15(19,20)21/h1-8H,(H2,22,23,24). The van der Waals surface area contributed by atoms with Crippen molar-refractivity contribution in [2.75, 3.05) is 10.6 Å². The number of carbonyl (C=O) groups is 1. The Hall–Kier alpha value is -2.01. The molecule has 0 unspecified atom stereocenters. The second-order valence-corrected chi connectivity index (χ2v) is 7.00. The summed E-state index contributed by atoms with van der Waals surface area (Å²) in [6.07, 6.45) is 0. The van der Waals surface area contributed by atoms with Gasteiger partial charge in [0.2, 0.25) is 0 Å². The molecule has 0 saturated heterocycles. The highest BCUT2D eigenvalue weighted by Crippen LogP contribution is 2.38. The molecule has 2 aromatic carbocycles. The zero-order valence-electron chi connectivity index (χ0n) is 12.6. The number of benzene rings is 2. The van der Waals surface area contributed by atoms with E-state index in [1.54, 1.807) is 0 Å². The first-order chi connectivity index (χ1) is 12.0. The lowest BCUT2D eigenvalue weighted by molar-refractivity contribution is -0.0337. The van der Waals surface area contributed by atoms with Crippen molar-refractivity contribution in [2.45, 2.75) is 20.8 Å². The number of rotatable bonds is 4. The molecule has 0 atom stereocenters. The molecule has 2 aromatic rings. The lowest BCUT2D eigenvalue weighted by Gasteiger charge is -2.10. The number of alkyl halides is 6. The van der Waals surface area contributed by atoms with Gasteiger partial charge in [0, 0.05) is 21.2 Å². The van der Waals surface area contributed by atoms with Crippen molar-refractivity contribution in [1.29, 1.82) is 0 Å². The summed E-state index contributed by atoms with van der Waals surface area (Å²) in [6, 6.07) is 9.35. The Kier molecular flexibility index (Phi) is 6.34. The third-order valence-corrected chi connectivity index (χ3v) is 4.17. The maximum atomic E-state index is 12.2. The third-order valence-electron chi connectivity index (χ3n) is 2.69. The number of carbonyl (C=O) groups excluding carboxylic acids is 1. The highest BCUT2D eigenvalue weighted by Gasteiger charge is 2.29. The van der Waals surface area contributed by atoms with Crippen LogP contribution in [0.2, 0.25) is 0 Å². The number of hydrogen-bond donors (Lipinski definition) is 2. The fraction of sp³-hybridized carbons (Fsp3) is 0.133. The minimum Gasteiger partial charge on any atom is -0.308 e. The molecular formula is C15H10F6N2OS2. The molecule has 2 N–H and O–H groups in total. The number of nitrogens with one attached hydrogen (secondary N) is 2. The van der Waals surface area contributed by atoms with Crippen molar-refractivity contribution in [3.8, 4) is 0 Å². The second-order valence-electron chi connectivity index (χ2n) is 4.72. The quantitative estimate of drug-likeness (QED) is 0.442. The zero-order chi connectivity index (χ0) is 19.4. The monoisotopic (exact) mass is 412 g/mol. The van der Waals surface area contributed by atoms with Gasteiger partial charge in [-0.2, -0.15) is 26.3 Å². The summed E-state index contributed by atoms with van der Waals surface area (Å²) in [5.41, 5.74) is -8.28. The van der Waals surface area contributed by atoms with Gasteiger partial charge in [-0.25, -0.2) is 4.79 Å². The molecule has 0 aliphatic heterocycles. The highest BCUT2D eigenvalue weighted by molar-refractivity contribution is 8.00. The van der Waals surface area contributed by atoms with Gasteiger partial charge in [0.05, 0.1) is 0 Å². The van der Waals surface area contributed by atoms with E-state index in [0.29, 0.717) is 0 Å². The van der Waals surface area contributed by atoms with E-state index in [2.05, 4.69) is 10.6 Å². The summed E-state index contributed by atoms with van der Waals surface area (Å²) in [5.74, 6) is 0. The number of hydrogen-bond acceptors (Lipinski definition) is 3. The van der Waals surface area contributed by atoms with Gasteiger partial charge in [0.15, 0.2) is 0 Å². The largest absolute Gasteiger partial charge is 0.446 e. The third kappa shape index (κ3) is 7.48. The van der Waals surface area contributed by atoms with E-state index in [-0.39, 0.29) is 44.7 Å². The van der Waals surface area contributed by atoms with Crippen LogP contribution in [-0.2, 0) is 0 Å². The smallest absolute Gasteiger partial charge is 0.308 e. The van der Waals surface area contributed by atoms with E-state index in [9.17, 15) is 31.1 Å². The first kappa shape index (κ1) is 20.3. The molecule has 0 saturated carbocycles. The van der Waals surface area contributed by atoms with Crippen LogP contribution in [0.15, 0.2) is 58.3 Å². The molecule has 140 valence electrons. The summed E-state index contributed by atoms with van der Waals surface area (Å²) in [7, 11) is 0. The zero-order valence-corrected chi connectivity index (χ0v) is 14.2. The van der Waals surface area contributed by atoms with Crippen molar-refractivity contribution in [3.05, 3.63) is 48.5 Å². The Morgan fingerprint density at radius 1 is 0.654 bits per heavy atom. The average molecular weight is 412 g/mol. The van der Waals surface area contributed by atoms with Crippen LogP contribution in [-0.4, -0.2) is 17.0 Å². The van der Waals surface area contributed by atoms with E-state index in [1.165, 1.54) is 48.5 Å². The van der Waals surface area contributed by atoms with Crippen LogP contribution in [0, 0.1) is 0 Å². The topological polar surface area (TPSA) is 41.1 Å². The highest BCUT2D eigenvalue weighted by atomic mass is 32.2. The SMILES string of the molecule is O=C(Nc1ccc(SC(F)(F)F)cc1)Nc1ccc(SC(F)(F)F)cc1. The van der Waals surface area contributed by atoms with Crippen LogP contribution in [0.25, 0.3) is 0 Å². The maximum Gasteiger partial charge on any atom is 0.446 e. The minimum absolute atomic E-state index is 0.0267. The lowest BCUT2D eigenvalue weighted by Crippen LogP contribution is -2.19. The van der Waals surface area contributed by atoms with E-state index < -0.39 is 17.0 Å². The first-order valence-corrected chi connectivity index (χ1v) is 8.43. The number of thioether (sulfide) groups is 2. The Labute approximate surface area is 152 Å². The van der Waals surface area contributed by atoms with Crippen LogP contribution in [0.3, 0.4) is 0 Å². The number of anilines is 2. The number of amides is 2. The van der Waals surface area contributed by atoms with Crippen molar-refractivity contribution in [3.63, 3.8) is 0 Å². The number of urea groups is 1. The minimum atomic E-state index is -4.40. The van der Waals surface area contributed by atoms with Crippen LogP contribution in [0.4, 0.5) is 42.5 Å². The molecule has 0 radical (unpaired) electrons. The Morgan fingerprint density at radius 3 is 1.23 bits per heavy atom. The Balaban J connectivity index is 1.90. The molecule has 0 aliphatic rings. The Bertz CT molecular complexity index is 681. The van der Waals surface area contributed by atoms with Gasteiger partial charge in [-0.15, -0.1) is 0 Å². The molecule has 2 amide bonds. The molecule has 0 bridgehead atoms. The molecule has 0 aromatic heterocycles. The molecule has 11 heteroatoms. The fourth-order valence-corrected chi connectivity index (χ4v) is 2.85. The average Bonchev–Trinajstić information content (AvgIpc) is 2.48. The van der Waals surface area contributed by atoms with Gasteiger partial charge in [-0.3, -0.25) is 0 Å². The van der Waals surface area contributed by atoms with E-state index >= 15 is 0 Å². The van der Waals surface area contributed by atoms with E-state index in [1.807, 2.05) is 0 Å². The van der Waals surface area contributed by atoms with Gasteiger partial charge in [0.1, 0.15) is 0 Å². The summed E-state index contributed by atoms with van der Waals surface area (Å²) >= 11 is -0.549. The van der Waals surface area contributed by atoms with E-state index in [0.717, 1.165) is 0 Å². The summed E-state index contributed by atoms with van der Waals surface area (Å²) in [5, 5.41) is 4.82. The fourth-order valence-electron chi connectivity index (χ4n) is 1.77. The summed E-state index contributed by atoms with van der Waals surface area (Å²) < 4.78 is 73.4. The molecular weight excluding hydrogens is 402 g/mol. The number of halogens is 6. The van der Waals surface area contributed by atoms with Crippen LogP contribution in [0.1, 0.15) is 0 Å². The summed E-state index contributed by atoms with van der Waals surface area (Å²) in [4.78, 5) is 11.8. The van der Waals surface area contributed by atoms with Crippen LogP contribution >= 0.6 is 23.5 Å². The molecule has 0 spiro atoms. The van der Waals surface area contributed by atoms with Crippen LogP contribution in [0.5, 0.6) is 0 Å². The lowest BCUT2D eigenvalue weighted by atomic mass is 10.3. The van der Waals surface area contributed by atoms with Crippen LogP contribution < -0.4 is 10.6 Å².